The summed E-state index contributed by atoms with van der Waals surface area (Å²) in [5.74, 6) is 0.943. The molecular formula is C18H16ClN3O3S. The van der Waals surface area contributed by atoms with Gasteiger partial charge in [0.25, 0.3) is 5.91 Å². The first-order valence-electron chi connectivity index (χ1n) is 7.80. The molecule has 134 valence electrons. The van der Waals surface area contributed by atoms with E-state index >= 15 is 0 Å². The molecule has 3 rings (SSSR count). The van der Waals surface area contributed by atoms with E-state index in [1.165, 1.54) is 11.3 Å². The molecule has 0 aliphatic heterocycles. The van der Waals surface area contributed by atoms with Crippen molar-refractivity contribution in [3.05, 3.63) is 64.1 Å². The number of benzene rings is 2. The van der Waals surface area contributed by atoms with E-state index in [2.05, 4.69) is 15.5 Å². The van der Waals surface area contributed by atoms with Gasteiger partial charge in [-0.05, 0) is 30.7 Å². The number of aromatic nitrogens is 2. The zero-order chi connectivity index (χ0) is 18.4. The first-order valence-corrected chi connectivity index (χ1v) is 8.99. The van der Waals surface area contributed by atoms with Crippen LogP contribution in [0.1, 0.15) is 10.6 Å². The summed E-state index contributed by atoms with van der Waals surface area (Å²) in [6, 6.07) is 14.7. The fourth-order valence-corrected chi connectivity index (χ4v) is 2.94. The highest BCUT2D eigenvalue weighted by Crippen LogP contribution is 2.25. The van der Waals surface area contributed by atoms with Crippen LogP contribution in [0.4, 0.5) is 5.13 Å². The van der Waals surface area contributed by atoms with Gasteiger partial charge >= 0.3 is 0 Å². The number of halogens is 1. The van der Waals surface area contributed by atoms with E-state index in [-0.39, 0.29) is 19.1 Å². The van der Waals surface area contributed by atoms with Gasteiger partial charge in [0.15, 0.2) is 11.6 Å². The number of hydrogen-bond donors (Lipinski definition) is 1. The number of carbonyl (C=O) groups is 1. The van der Waals surface area contributed by atoms with Crippen molar-refractivity contribution < 1.29 is 14.3 Å². The molecule has 1 aromatic heterocycles. The number of para-hydroxylation sites is 2. The monoisotopic (exact) mass is 389 g/mol. The first-order chi connectivity index (χ1) is 12.6. The van der Waals surface area contributed by atoms with E-state index in [1.54, 1.807) is 12.1 Å². The van der Waals surface area contributed by atoms with Crippen LogP contribution in [0.2, 0.25) is 5.02 Å². The maximum atomic E-state index is 12.0. The van der Waals surface area contributed by atoms with Gasteiger partial charge in [0, 0.05) is 0 Å². The number of amides is 1. The Labute approximate surface area is 159 Å². The minimum absolute atomic E-state index is 0.101. The molecule has 0 bridgehead atoms. The summed E-state index contributed by atoms with van der Waals surface area (Å²) in [4.78, 5) is 12.0. The lowest BCUT2D eigenvalue weighted by molar-refractivity contribution is -0.118. The van der Waals surface area contributed by atoms with Crippen LogP contribution in [0.15, 0.2) is 48.5 Å². The Hall–Kier alpha value is -2.64. The Balaban J connectivity index is 1.49. The summed E-state index contributed by atoms with van der Waals surface area (Å²) in [5, 5.41) is 12.1. The largest absolute Gasteiger partial charge is 0.485 e. The molecule has 0 spiro atoms. The SMILES string of the molecule is Cc1ccccc1OCC(=O)Nc1nnc(COc2ccccc2Cl)s1. The third kappa shape index (κ3) is 4.93. The van der Waals surface area contributed by atoms with Gasteiger partial charge in [-0.3, -0.25) is 10.1 Å². The minimum atomic E-state index is -0.303. The highest BCUT2D eigenvalue weighted by atomic mass is 35.5. The summed E-state index contributed by atoms with van der Waals surface area (Å²) < 4.78 is 11.1. The van der Waals surface area contributed by atoms with Crippen LogP contribution in [-0.4, -0.2) is 22.7 Å². The summed E-state index contributed by atoms with van der Waals surface area (Å²) in [6.45, 7) is 2.04. The first kappa shape index (κ1) is 18.2. The molecule has 1 amide bonds. The van der Waals surface area contributed by atoms with Crippen LogP contribution in [-0.2, 0) is 11.4 Å². The molecule has 8 heteroatoms. The fourth-order valence-electron chi connectivity index (χ4n) is 2.08. The Kier molecular flexibility index (Phi) is 6.04. The third-order valence-electron chi connectivity index (χ3n) is 3.35. The molecule has 0 aliphatic rings. The molecule has 0 radical (unpaired) electrons. The molecule has 0 fully saturated rings. The van der Waals surface area contributed by atoms with Crippen molar-refractivity contribution in [2.24, 2.45) is 0 Å². The van der Waals surface area contributed by atoms with Crippen LogP contribution in [0.3, 0.4) is 0 Å². The molecule has 26 heavy (non-hydrogen) atoms. The Morgan fingerprint density at radius 3 is 2.58 bits per heavy atom. The molecule has 0 unspecified atom stereocenters. The number of nitrogens with zero attached hydrogens (tertiary/aromatic N) is 2. The molecule has 0 saturated heterocycles. The Bertz CT molecular complexity index is 901. The normalized spacial score (nSPS) is 10.4. The molecule has 0 atom stereocenters. The third-order valence-corrected chi connectivity index (χ3v) is 4.48. The van der Waals surface area contributed by atoms with Crippen molar-refractivity contribution in [3.63, 3.8) is 0 Å². The molecule has 3 aromatic rings. The van der Waals surface area contributed by atoms with Gasteiger partial charge in [-0.25, -0.2) is 0 Å². The average molecular weight is 390 g/mol. The smallest absolute Gasteiger partial charge is 0.264 e. The number of ether oxygens (including phenoxy) is 2. The molecule has 0 aliphatic carbocycles. The van der Waals surface area contributed by atoms with Crippen molar-refractivity contribution in [2.45, 2.75) is 13.5 Å². The summed E-state index contributed by atoms with van der Waals surface area (Å²) >= 11 is 7.27. The van der Waals surface area contributed by atoms with Gasteiger partial charge in [0.2, 0.25) is 5.13 Å². The maximum absolute atomic E-state index is 12.0. The molecule has 0 saturated carbocycles. The van der Waals surface area contributed by atoms with Crippen LogP contribution < -0.4 is 14.8 Å². The number of rotatable bonds is 7. The van der Waals surface area contributed by atoms with Crippen molar-refractivity contribution in [1.82, 2.24) is 10.2 Å². The van der Waals surface area contributed by atoms with Gasteiger partial charge in [-0.2, -0.15) is 0 Å². The second kappa shape index (κ2) is 8.64. The van der Waals surface area contributed by atoms with Gasteiger partial charge in [0.1, 0.15) is 18.1 Å². The van der Waals surface area contributed by atoms with Crippen molar-refractivity contribution in [1.29, 1.82) is 0 Å². The molecule has 2 aromatic carbocycles. The van der Waals surface area contributed by atoms with Crippen LogP contribution >= 0.6 is 22.9 Å². The van der Waals surface area contributed by atoms with E-state index in [9.17, 15) is 4.79 Å². The van der Waals surface area contributed by atoms with E-state index in [4.69, 9.17) is 21.1 Å². The summed E-state index contributed by atoms with van der Waals surface area (Å²) in [6.07, 6.45) is 0. The zero-order valence-corrected chi connectivity index (χ0v) is 15.5. The summed E-state index contributed by atoms with van der Waals surface area (Å²) in [7, 11) is 0. The molecular weight excluding hydrogens is 374 g/mol. The second-order valence-electron chi connectivity index (χ2n) is 5.32. The predicted octanol–water partition coefficient (Wildman–Crippen LogP) is 4.10. The van der Waals surface area contributed by atoms with Crippen molar-refractivity contribution in [2.75, 3.05) is 11.9 Å². The minimum Gasteiger partial charge on any atom is -0.485 e. The Morgan fingerprint density at radius 1 is 1.08 bits per heavy atom. The lowest BCUT2D eigenvalue weighted by Crippen LogP contribution is -2.20. The highest BCUT2D eigenvalue weighted by molar-refractivity contribution is 7.15. The van der Waals surface area contributed by atoms with Gasteiger partial charge in [0.05, 0.1) is 5.02 Å². The lowest BCUT2D eigenvalue weighted by Gasteiger charge is -2.07. The molecule has 6 nitrogen and oxygen atoms in total. The number of nitrogens with one attached hydrogen (secondary N) is 1. The Morgan fingerprint density at radius 2 is 1.81 bits per heavy atom. The van der Waals surface area contributed by atoms with E-state index in [0.717, 1.165) is 5.56 Å². The van der Waals surface area contributed by atoms with Crippen molar-refractivity contribution >= 4 is 34.0 Å². The predicted molar refractivity (Wildman–Crippen MR) is 101 cm³/mol. The van der Waals surface area contributed by atoms with Crippen LogP contribution in [0.25, 0.3) is 0 Å². The zero-order valence-electron chi connectivity index (χ0n) is 13.9. The van der Waals surface area contributed by atoms with E-state index in [1.807, 2.05) is 43.3 Å². The molecule has 1 N–H and O–H groups in total. The lowest BCUT2D eigenvalue weighted by atomic mass is 10.2. The van der Waals surface area contributed by atoms with Crippen LogP contribution in [0.5, 0.6) is 11.5 Å². The number of anilines is 1. The fraction of sp³-hybridized carbons (Fsp3) is 0.167. The summed E-state index contributed by atoms with van der Waals surface area (Å²) in [5.41, 5.74) is 0.968. The second-order valence-corrected chi connectivity index (χ2v) is 6.79. The van der Waals surface area contributed by atoms with Gasteiger partial charge in [-0.1, -0.05) is 53.3 Å². The highest BCUT2D eigenvalue weighted by Gasteiger charge is 2.10. The number of hydrogen-bond acceptors (Lipinski definition) is 6. The number of aryl methyl sites for hydroxylation is 1. The van der Waals surface area contributed by atoms with Crippen molar-refractivity contribution in [3.8, 4) is 11.5 Å². The van der Waals surface area contributed by atoms with Gasteiger partial charge < -0.3 is 9.47 Å². The average Bonchev–Trinajstić information content (AvgIpc) is 3.08. The van der Waals surface area contributed by atoms with E-state index in [0.29, 0.717) is 26.7 Å². The quantitative estimate of drug-likeness (QED) is 0.658. The maximum Gasteiger partial charge on any atom is 0.264 e. The topological polar surface area (TPSA) is 73.3 Å². The number of carbonyl (C=O) groups excluding carboxylic acids is 1. The van der Waals surface area contributed by atoms with Gasteiger partial charge in [-0.15, -0.1) is 10.2 Å². The van der Waals surface area contributed by atoms with Crippen LogP contribution in [0, 0.1) is 6.92 Å². The molecule has 1 heterocycles. The standard InChI is InChI=1S/C18H16ClN3O3S/c1-12-6-2-4-8-14(12)24-10-16(23)20-18-22-21-17(26-18)11-25-15-9-5-3-7-13(15)19/h2-9H,10-11H2,1H3,(H,20,22,23). The van der Waals surface area contributed by atoms with E-state index < -0.39 is 0 Å².